The first-order valence-electron chi connectivity index (χ1n) is 17.3. The Morgan fingerprint density at radius 1 is 0.634 bits per heavy atom. The summed E-state index contributed by atoms with van der Waals surface area (Å²) in [5.41, 5.74) is 2.88. The Balaban J connectivity index is 1.47. The molecule has 3 rings (SSSR count). The maximum absolute atomic E-state index is 3.69. The second kappa shape index (κ2) is 19.7. The van der Waals surface area contributed by atoms with E-state index in [1.165, 1.54) is 126 Å². The minimum absolute atomic E-state index is 0.0138. The zero-order valence-corrected chi connectivity index (χ0v) is 26.9. The Kier molecular flexibility index (Phi) is 15.9. The van der Waals surface area contributed by atoms with Gasteiger partial charge in [0.15, 0.2) is 0 Å². The molecule has 0 spiro atoms. The SMILES string of the molecule is CCCCCCCCCCCCCCCCCCC(c1[nH]cc[n+]1CC)C(C)(Cc1ccccc1)c1ccccc1. The number of nitrogens with zero attached hydrogens (tertiary/aromatic N) is 1. The molecular weight excluding hydrogens is 496 g/mol. The second-order valence-corrected chi connectivity index (χ2v) is 12.7. The average molecular weight is 558 g/mol. The topological polar surface area (TPSA) is 19.7 Å². The molecule has 2 nitrogen and oxygen atoms in total. The first-order valence-corrected chi connectivity index (χ1v) is 17.3. The van der Waals surface area contributed by atoms with Crippen molar-refractivity contribution in [2.45, 2.75) is 154 Å². The van der Waals surface area contributed by atoms with Crippen LogP contribution >= 0.6 is 0 Å². The molecule has 2 unspecified atom stereocenters. The summed E-state index contributed by atoms with van der Waals surface area (Å²) in [4.78, 5) is 3.69. The fourth-order valence-corrected chi connectivity index (χ4v) is 6.87. The van der Waals surface area contributed by atoms with Crippen LogP contribution in [0.2, 0.25) is 0 Å². The van der Waals surface area contributed by atoms with Crippen LogP contribution in [0.5, 0.6) is 0 Å². The molecular formula is C39H61N2+. The smallest absolute Gasteiger partial charge is 0.247 e. The van der Waals surface area contributed by atoms with Gasteiger partial charge in [0.2, 0.25) is 0 Å². The largest absolute Gasteiger partial charge is 0.258 e. The third-order valence-electron chi connectivity index (χ3n) is 9.43. The van der Waals surface area contributed by atoms with Crippen molar-refractivity contribution in [1.82, 2.24) is 4.98 Å². The van der Waals surface area contributed by atoms with Gasteiger partial charge in [-0.15, -0.1) is 0 Å². The van der Waals surface area contributed by atoms with Crippen molar-refractivity contribution < 1.29 is 4.57 Å². The highest BCUT2D eigenvalue weighted by Gasteiger charge is 2.41. The number of H-pyrrole nitrogens is 1. The summed E-state index contributed by atoms with van der Waals surface area (Å²) in [5.74, 6) is 1.82. The van der Waals surface area contributed by atoms with Crippen LogP contribution in [0.15, 0.2) is 73.1 Å². The van der Waals surface area contributed by atoms with Crippen molar-refractivity contribution in [2.75, 3.05) is 0 Å². The lowest BCUT2D eigenvalue weighted by Gasteiger charge is -2.37. The van der Waals surface area contributed by atoms with Gasteiger partial charge in [-0.3, -0.25) is 0 Å². The fraction of sp³-hybridized carbons (Fsp3) is 0.615. The molecule has 41 heavy (non-hydrogen) atoms. The van der Waals surface area contributed by atoms with E-state index in [1.807, 2.05) is 0 Å². The molecule has 0 radical (unpaired) electrons. The van der Waals surface area contributed by atoms with Crippen LogP contribution in [0.25, 0.3) is 0 Å². The van der Waals surface area contributed by atoms with E-state index in [1.54, 1.807) is 0 Å². The quantitative estimate of drug-likeness (QED) is 0.0883. The molecule has 2 heteroatoms. The van der Waals surface area contributed by atoms with Crippen molar-refractivity contribution in [3.05, 3.63) is 90.0 Å². The number of hydrogen-bond acceptors (Lipinski definition) is 0. The van der Waals surface area contributed by atoms with Crippen LogP contribution in [0.3, 0.4) is 0 Å². The lowest BCUT2D eigenvalue weighted by molar-refractivity contribution is -0.701. The molecule has 3 aromatic rings. The zero-order chi connectivity index (χ0) is 29.0. The van der Waals surface area contributed by atoms with Gasteiger partial charge >= 0.3 is 0 Å². The van der Waals surface area contributed by atoms with Crippen LogP contribution < -0.4 is 4.57 Å². The van der Waals surface area contributed by atoms with Gasteiger partial charge in [0.05, 0.1) is 12.5 Å². The second-order valence-electron chi connectivity index (χ2n) is 12.7. The molecule has 2 aromatic carbocycles. The molecule has 0 aliphatic carbocycles. The van der Waals surface area contributed by atoms with Crippen LogP contribution in [-0.2, 0) is 18.4 Å². The molecule has 226 valence electrons. The summed E-state index contributed by atoms with van der Waals surface area (Å²) in [6, 6.07) is 22.4. The Hall–Kier alpha value is -2.35. The predicted octanol–water partition coefficient (Wildman–Crippen LogP) is 11.3. The Labute approximate surface area is 253 Å². The molecule has 0 amide bonds. The van der Waals surface area contributed by atoms with Gasteiger partial charge in [-0.2, -0.15) is 0 Å². The number of aromatic nitrogens is 2. The van der Waals surface area contributed by atoms with E-state index in [-0.39, 0.29) is 5.41 Å². The van der Waals surface area contributed by atoms with Gasteiger partial charge in [-0.05, 0) is 30.9 Å². The van der Waals surface area contributed by atoms with Gasteiger partial charge in [0, 0.05) is 5.41 Å². The molecule has 0 fully saturated rings. The maximum Gasteiger partial charge on any atom is 0.258 e. The van der Waals surface area contributed by atoms with E-state index in [0.29, 0.717) is 5.92 Å². The highest BCUT2D eigenvalue weighted by atomic mass is 15.1. The number of rotatable bonds is 23. The molecule has 0 aliphatic rings. The molecule has 0 saturated carbocycles. The van der Waals surface area contributed by atoms with Crippen molar-refractivity contribution in [3.8, 4) is 0 Å². The highest BCUT2D eigenvalue weighted by Crippen LogP contribution is 2.43. The zero-order valence-electron chi connectivity index (χ0n) is 26.9. The van der Waals surface area contributed by atoms with E-state index in [0.717, 1.165) is 13.0 Å². The summed E-state index contributed by atoms with van der Waals surface area (Å²) in [6.07, 6.45) is 29.3. The van der Waals surface area contributed by atoms with Crippen molar-refractivity contribution in [2.24, 2.45) is 0 Å². The Morgan fingerprint density at radius 2 is 1.12 bits per heavy atom. The lowest BCUT2D eigenvalue weighted by atomic mass is 9.66. The molecule has 1 aromatic heterocycles. The van der Waals surface area contributed by atoms with E-state index < -0.39 is 0 Å². The summed E-state index contributed by atoms with van der Waals surface area (Å²) in [6.45, 7) is 8.08. The molecule has 0 aliphatic heterocycles. The van der Waals surface area contributed by atoms with Crippen molar-refractivity contribution >= 4 is 0 Å². The van der Waals surface area contributed by atoms with Crippen LogP contribution in [0.1, 0.15) is 153 Å². The molecule has 0 bridgehead atoms. The number of unbranched alkanes of at least 4 members (excludes halogenated alkanes) is 15. The molecule has 0 saturated heterocycles. The number of benzene rings is 2. The van der Waals surface area contributed by atoms with E-state index >= 15 is 0 Å². The number of aryl methyl sites for hydroxylation is 1. The number of imidazole rings is 1. The standard InChI is InChI=1S/C39H60N2/c1-4-6-7-8-9-10-11-12-13-14-15-16-17-18-19-26-31-37(38-40-32-33-41(38)5-2)39(3,36-29-24-21-25-30-36)34-35-27-22-20-23-28-35/h20-25,27-30,32-33,37H,4-19,26,31,34H2,1-3H3/p+1. The van der Waals surface area contributed by atoms with Crippen LogP contribution in [-0.4, -0.2) is 4.98 Å². The first kappa shape index (κ1) is 33.2. The number of hydrogen-bond donors (Lipinski definition) is 1. The lowest BCUT2D eigenvalue weighted by Crippen LogP contribution is -2.43. The summed E-state index contributed by atoms with van der Waals surface area (Å²) in [7, 11) is 0. The summed E-state index contributed by atoms with van der Waals surface area (Å²) < 4.78 is 2.43. The fourth-order valence-electron chi connectivity index (χ4n) is 6.87. The van der Waals surface area contributed by atoms with Gasteiger partial charge in [0.25, 0.3) is 5.82 Å². The van der Waals surface area contributed by atoms with E-state index in [9.17, 15) is 0 Å². The van der Waals surface area contributed by atoms with E-state index in [4.69, 9.17) is 0 Å². The van der Waals surface area contributed by atoms with Crippen molar-refractivity contribution in [3.63, 3.8) is 0 Å². The minimum Gasteiger partial charge on any atom is -0.247 e. The van der Waals surface area contributed by atoms with E-state index in [2.05, 4.69) is 103 Å². The normalized spacial score (nSPS) is 13.7. The molecule has 1 N–H and O–H groups in total. The monoisotopic (exact) mass is 557 g/mol. The minimum atomic E-state index is 0.0138. The summed E-state index contributed by atoms with van der Waals surface area (Å²) in [5, 5.41) is 0. The summed E-state index contributed by atoms with van der Waals surface area (Å²) >= 11 is 0. The Morgan fingerprint density at radius 3 is 1.63 bits per heavy atom. The van der Waals surface area contributed by atoms with Crippen LogP contribution in [0, 0.1) is 0 Å². The predicted molar refractivity (Wildman–Crippen MR) is 178 cm³/mol. The number of aromatic amines is 1. The molecule has 2 atom stereocenters. The van der Waals surface area contributed by atoms with Gasteiger partial charge in [-0.1, -0.05) is 177 Å². The van der Waals surface area contributed by atoms with Gasteiger partial charge < -0.3 is 0 Å². The first-order chi connectivity index (χ1) is 20.2. The maximum atomic E-state index is 3.69. The van der Waals surface area contributed by atoms with Gasteiger partial charge in [0.1, 0.15) is 12.4 Å². The number of nitrogens with one attached hydrogen (secondary N) is 1. The van der Waals surface area contributed by atoms with Crippen molar-refractivity contribution in [1.29, 1.82) is 0 Å². The highest BCUT2D eigenvalue weighted by molar-refractivity contribution is 5.32. The third-order valence-corrected chi connectivity index (χ3v) is 9.43. The Bertz CT molecular complexity index is 1020. The van der Waals surface area contributed by atoms with Gasteiger partial charge in [-0.25, -0.2) is 9.55 Å². The van der Waals surface area contributed by atoms with Crippen LogP contribution in [0.4, 0.5) is 0 Å². The average Bonchev–Trinajstić information content (AvgIpc) is 3.48. The molecule has 1 heterocycles. The third kappa shape index (κ3) is 11.4.